The average Bonchev–Trinajstić information content (AvgIpc) is 2.33. The highest BCUT2D eigenvalue weighted by molar-refractivity contribution is 5.76. The van der Waals surface area contributed by atoms with Crippen LogP contribution in [0.3, 0.4) is 0 Å². The molecule has 3 nitrogen and oxygen atoms in total. The number of pyridine rings is 1. The van der Waals surface area contributed by atoms with E-state index in [1.165, 1.54) is 0 Å². The molecule has 0 saturated carbocycles. The Bertz CT molecular complexity index is 567. The van der Waals surface area contributed by atoms with E-state index in [9.17, 15) is 9.59 Å². The van der Waals surface area contributed by atoms with Gasteiger partial charge in [0.1, 0.15) is 6.29 Å². The predicted octanol–water partition coefficient (Wildman–Crippen LogP) is 2.16. The Kier molecular flexibility index (Phi) is 2.68. The molecule has 1 aromatic heterocycles. The molecule has 0 fully saturated rings. The number of hydrogen-bond acceptors (Lipinski definition) is 2. The van der Waals surface area contributed by atoms with Gasteiger partial charge in [-0.25, -0.2) is 0 Å². The number of carbonyl (C=O) groups excluding carboxylic acids is 1. The Morgan fingerprint density at radius 3 is 2.38 bits per heavy atom. The van der Waals surface area contributed by atoms with Crippen LogP contribution in [0.2, 0.25) is 0 Å². The average molecular weight is 213 g/mol. The number of aromatic nitrogens is 1. The summed E-state index contributed by atoms with van der Waals surface area (Å²) in [7, 11) is 0. The van der Waals surface area contributed by atoms with Gasteiger partial charge < -0.3 is 4.98 Å². The number of carbonyl (C=O) groups is 1. The Balaban J connectivity index is 2.46. The summed E-state index contributed by atoms with van der Waals surface area (Å²) < 4.78 is 0. The van der Waals surface area contributed by atoms with E-state index in [0.29, 0.717) is 11.1 Å². The molecule has 0 bridgehead atoms. The van der Waals surface area contributed by atoms with Crippen LogP contribution in [0.1, 0.15) is 15.9 Å². The molecule has 2 aromatic rings. The van der Waals surface area contributed by atoms with Crippen molar-refractivity contribution in [3.05, 3.63) is 58.0 Å². The smallest absolute Gasteiger partial charge is 0.250 e. The summed E-state index contributed by atoms with van der Waals surface area (Å²) in [5, 5.41) is 0. The first-order chi connectivity index (χ1) is 7.70. The molecule has 1 N–H and O–H groups in total. The van der Waals surface area contributed by atoms with Crippen molar-refractivity contribution >= 4 is 6.29 Å². The van der Waals surface area contributed by atoms with Gasteiger partial charge in [0.15, 0.2) is 0 Å². The minimum atomic E-state index is -0.0757. The molecule has 0 unspecified atom stereocenters. The molecule has 0 amide bonds. The molecule has 0 aliphatic rings. The van der Waals surface area contributed by atoms with Gasteiger partial charge in [0.05, 0.1) is 0 Å². The molecule has 0 radical (unpaired) electrons. The lowest BCUT2D eigenvalue weighted by atomic mass is 10.0. The van der Waals surface area contributed by atoms with Crippen LogP contribution in [0.5, 0.6) is 0 Å². The van der Waals surface area contributed by atoms with Gasteiger partial charge in [-0.2, -0.15) is 0 Å². The van der Waals surface area contributed by atoms with Gasteiger partial charge >= 0.3 is 0 Å². The van der Waals surface area contributed by atoms with Gasteiger partial charge in [-0.05, 0) is 24.1 Å². The van der Waals surface area contributed by atoms with Crippen molar-refractivity contribution in [2.75, 3.05) is 0 Å². The normalized spacial score (nSPS) is 10.1. The molecule has 2 rings (SSSR count). The molecule has 1 heterocycles. The Hall–Kier alpha value is -2.16. The maximum Gasteiger partial charge on any atom is 0.250 e. The quantitative estimate of drug-likeness (QED) is 0.777. The Morgan fingerprint density at radius 2 is 1.81 bits per heavy atom. The summed E-state index contributed by atoms with van der Waals surface area (Å²) >= 11 is 0. The molecule has 80 valence electrons. The first kappa shape index (κ1) is 10.4. The maximum atomic E-state index is 11.2. The fourth-order valence-electron chi connectivity index (χ4n) is 1.52. The highest BCUT2D eigenvalue weighted by Gasteiger charge is 2.00. The minimum absolute atomic E-state index is 0.0757. The van der Waals surface area contributed by atoms with Crippen LogP contribution in [0, 0.1) is 6.92 Å². The molecule has 0 aliphatic carbocycles. The largest absolute Gasteiger partial charge is 0.328 e. The molecular weight excluding hydrogens is 202 g/mol. The minimum Gasteiger partial charge on any atom is -0.328 e. The molecule has 0 aliphatic heterocycles. The highest BCUT2D eigenvalue weighted by atomic mass is 16.1. The summed E-state index contributed by atoms with van der Waals surface area (Å²) in [6.07, 6.45) is 2.48. The second kappa shape index (κ2) is 4.14. The van der Waals surface area contributed by atoms with E-state index >= 15 is 0 Å². The Labute approximate surface area is 92.8 Å². The van der Waals surface area contributed by atoms with Crippen LogP contribution >= 0.6 is 0 Å². The van der Waals surface area contributed by atoms with Gasteiger partial charge in [-0.15, -0.1) is 0 Å². The van der Waals surface area contributed by atoms with E-state index in [1.807, 2.05) is 18.2 Å². The SMILES string of the molecule is Cc1cc(-c2ccc(C=O)cc2)c[nH]c1=O. The summed E-state index contributed by atoms with van der Waals surface area (Å²) in [6, 6.07) is 9.05. The predicted molar refractivity (Wildman–Crippen MR) is 62.6 cm³/mol. The van der Waals surface area contributed by atoms with E-state index in [1.54, 1.807) is 25.3 Å². The van der Waals surface area contributed by atoms with Crippen molar-refractivity contribution < 1.29 is 4.79 Å². The number of benzene rings is 1. The monoisotopic (exact) mass is 213 g/mol. The van der Waals surface area contributed by atoms with Crippen LogP contribution < -0.4 is 5.56 Å². The van der Waals surface area contributed by atoms with Gasteiger partial charge in [0, 0.05) is 17.3 Å². The number of aryl methyl sites for hydroxylation is 1. The number of rotatable bonds is 2. The van der Waals surface area contributed by atoms with Crippen LogP contribution in [-0.2, 0) is 0 Å². The van der Waals surface area contributed by atoms with Crippen molar-refractivity contribution in [1.29, 1.82) is 0 Å². The van der Waals surface area contributed by atoms with E-state index < -0.39 is 0 Å². The van der Waals surface area contributed by atoms with Crippen LogP contribution in [0.15, 0.2) is 41.3 Å². The third kappa shape index (κ3) is 1.93. The van der Waals surface area contributed by atoms with Crippen LogP contribution in [0.4, 0.5) is 0 Å². The topological polar surface area (TPSA) is 49.9 Å². The van der Waals surface area contributed by atoms with Crippen molar-refractivity contribution in [3.8, 4) is 11.1 Å². The first-order valence-electron chi connectivity index (χ1n) is 4.95. The van der Waals surface area contributed by atoms with Crippen LogP contribution in [0.25, 0.3) is 11.1 Å². The maximum absolute atomic E-state index is 11.2. The lowest BCUT2D eigenvalue weighted by Gasteiger charge is -2.02. The second-order valence-corrected chi connectivity index (χ2v) is 3.64. The van der Waals surface area contributed by atoms with E-state index in [0.717, 1.165) is 17.4 Å². The Morgan fingerprint density at radius 1 is 1.12 bits per heavy atom. The van der Waals surface area contributed by atoms with Gasteiger partial charge in [-0.1, -0.05) is 24.3 Å². The zero-order valence-electron chi connectivity index (χ0n) is 8.86. The van der Waals surface area contributed by atoms with Crippen molar-refractivity contribution in [3.63, 3.8) is 0 Å². The van der Waals surface area contributed by atoms with Crippen molar-refractivity contribution in [1.82, 2.24) is 4.98 Å². The van der Waals surface area contributed by atoms with Crippen molar-refractivity contribution in [2.45, 2.75) is 6.92 Å². The number of H-pyrrole nitrogens is 1. The number of aldehydes is 1. The molecule has 0 spiro atoms. The number of hydrogen-bond donors (Lipinski definition) is 1. The van der Waals surface area contributed by atoms with E-state index in [-0.39, 0.29) is 5.56 Å². The highest BCUT2D eigenvalue weighted by Crippen LogP contribution is 2.18. The lowest BCUT2D eigenvalue weighted by molar-refractivity contribution is 0.112. The van der Waals surface area contributed by atoms with E-state index in [2.05, 4.69) is 4.98 Å². The summed E-state index contributed by atoms with van der Waals surface area (Å²) in [5.41, 5.74) is 3.16. The molecule has 1 aromatic carbocycles. The van der Waals surface area contributed by atoms with E-state index in [4.69, 9.17) is 0 Å². The summed E-state index contributed by atoms with van der Waals surface area (Å²) in [6.45, 7) is 1.77. The summed E-state index contributed by atoms with van der Waals surface area (Å²) in [4.78, 5) is 24.4. The number of aromatic amines is 1. The molecule has 0 saturated heterocycles. The standard InChI is InChI=1S/C13H11NO2/c1-9-6-12(7-14-13(9)16)11-4-2-10(8-15)3-5-11/h2-8H,1H3,(H,14,16). The fourth-order valence-corrected chi connectivity index (χ4v) is 1.52. The summed E-state index contributed by atoms with van der Waals surface area (Å²) in [5.74, 6) is 0. The fraction of sp³-hybridized carbons (Fsp3) is 0.0769. The lowest BCUT2D eigenvalue weighted by Crippen LogP contribution is -2.07. The second-order valence-electron chi connectivity index (χ2n) is 3.64. The third-order valence-electron chi connectivity index (χ3n) is 2.47. The first-order valence-corrected chi connectivity index (χ1v) is 4.95. The third-order valence-corrected chi connectivity index (χ3v) is 2.47. The zero-order chi connectivity index (χ0) is 11.5. The number of nitrogens with one attached hydrogen (secondary N) is 1. The van der Waals surface area contributed by atoms with Crippen LogP contribution in [-0.4, -0.2) is 11.3 Å². The zero-order valence-corrected chi connectivity index (χ0v) is 8.86. The van der Waals surface area contributed by atoms with Gasteiger partial charge in [-0.3, -0.25) is 9.59 Å². The van der Waals surface area contributed by atoms with Crippen molar-refractivity contribution in [2.24, 2.45) is 0 Å². The molecule has 16 heavy (non-hydrogen) atoms. The van der Waals surface area contributed by atoms with Gasteiger partial charge in [0.2, 0.25) is 0 Å². The van der Waals surface area contributed by atoms with Gasteiger partial charge in [0.25, 0.3) is 5.56 Å². The molecular formula is C13H11NO2. The molecule has 0 atom stereocenters. The molecule has 3 heteroatoms.